The van der Waals surface area contributed by atoms with Gasteiger partial charge in [-0.1, -0.05) is 0 Å². The van der Waals surface area contributed by atoms with Crippen molar-refractivity contribution in [2.45, 2.75) is 19.3 Å². The highest BCUT2D eigenvalue weighted by atomic mass is 16.5. The highest BCUT2D eigenvalue weighted by Gasteiger charge is 2.22. The van der Waals surface area contributed by atoms with Gasteiger partial charge < -0.3 is 33.7 Å². The number of H-pyrrole nitrogens is 1. The number of methoxy groups -OCH3 is 4. The summed E-state index contributed by atoms with van der Waals surface area (Å²) >= 11 is 0. The number of nitrogens with one attached hydrogen (secondary N) is 1. The van der Waals surface area contributed by atoms with Crippen LogP contribution < -0.4 is 23.8 Å². The van der Waals surface area contributed by atoms with Crippen LogP contribution in [0.25, 0.3) is 11.0 Å². The Morgan fingerprint density at radius 3 is 2.15 bits per heavy atom. The Morgan fingerprint density at radius 2 is 1.50 bits per heavy atom. The van der Waals surface area contributed by atoms with E-state index in [4.69, 9.17) is 18.9 Å². The number of hydrogen-bond acceptors (Lipinski definition) is 7. The third-order valence-corrected chi connectivity index (χ3v) is 7.55. The Bertz CT molecular complexity index is 1450. The molecule has 0 radical (unpaired) electrons. The molecular weight excluding hydrogens is 508 g/mol. The number of rotatable bonds is 10. The first kappa shape index (κ1) is 27.3. The van der Waals surface area contributed by atoms with Gasteiger partial charge in [0, 0.05) is 37.0 Å². The van der Waals surface area contributed by atoms with Crippen LogP contribution in [-0.4, -0.2) is 75.4 Å². The van der Waals surface area contributed by atoms with Gasteiger partial charge in [-0.15, -0.1) is 0 Å². The van der Waals surface area contributed by atoms with E-state index in [0.717, 1.165) is 67.1 Å². The summed E-state index contributed by atoms with van der Waals surface area (Å²) in [7, 11) is 6.55. The maximum absolute atomic E-state index is 13.9. The lowest BCUT2D eigenvalue weighted by molar-refractivity contribution is 0.0985. The molecular formula is C31H36N4O5. The van der Waals surface area contributed by atoms with E-state index in [2.05, 4.69) is 27.0 Å². The number of carbonyl (C=O) groups excluding carboxylic acids is 1. The smallest absolute Gasteiger partial charge is 0.258 e. The van der Waals surface area contributed by atoms with Gasteiger partial charge in [0.25, 0.3) is 5.91 Å². The molecule has 40 heavy (non-hydrogen) atoms. The molecule has 0 saturated heterocycles. The molecule has 0 fully saturated rings. The number of fused-ring (bicyclic) bond motifs is 2. The number of ether oxygens (including phenoxy) is 4. The number of anilines is 1. The summed E-state index contributed by atoms with van der Waals surface area (Å²) in [5.74, 6) is 2.67. The summed E-state index contributed by atoms with van der Waals surface area (Å²) in [5.41, 5.74) is 5.62. The number of benzene rings is 3. The zero-order chi connectivity index (χ0) is 28.1. The number of hydrogen-bond donors (Lipinski definition) is 1. The minimum atomic E-state index is -0.0776. The summed E-state index contributed by atoms with van der Waals surface area (Å²) in [6, 6.07) is 15.3. The second kappa shape index (κ2) is 12.3. The quantitative estimate of drug-likeness (QED) is 0.309. The van der Waals surface area contributed by atoms with E-state index in [-0.39, 0.29) is 5.91 Å². The number of aromatic amines is 1. The topological polar surface area (TPSA) is 89.1 Å². The number of amides is 1. The van der Waals surface area contributed by atoms with Crippen molar-refractivity contribution in [1.29, 1.82) is 0 Å². The minimum absolute atomic E-state index is 0.0776. The molecule has 1 aliphatic heterocycles. The summed E-state index contributed by atoms with van der Waals surface area (Å²) in [5, 5.41) is 0. The zero-order valence-corrected chi connectivity index (χ0v) is 23.5. The van der Waals surface area contributed by atoms with Crippen LogP contribution in [0.1, 0.15) is 27.9 Å². The fourth-order valence-corrected chi connectivity index (χ4v) is 5.34. The molecule has 0 aliphatic carbocycles. The fourth-order valence-electron chi connectivity index (χ4n) is 5.34. The summed E-state index contributed by atoms with van der Waals surface area (Å²) < 4.78 is 22.0. The van der Waals surface area contributed by atoms with Crippen molar-refractivity contribution in [3.63, 3.8) is 0 Å². The normalized spacial score (nSPS) is 13.4. The predicted octanol–water partition coefficient (Wildman–Crippen LogP) is 4.74. The number of aromatic nitrogens is 2. The molecule has 3 aromatic carbocycles. The van der Waals surface area contributed by atoms with Gasteiger partial charge >= 0.3 is 0 Å². The van der Waals surface area contributed by atoms with E-state index in [1.54, 1.807) is 34.8 Å². The van der Waals surface area contributed by atoms with E-state index in [0.29, 0.717) is 23.6 Å². The van der Waals surface area contributed by atoms with Crippen molar-refractivity contribution >= 4 is 22.6 Å². The molecule has 1 N–H and O–H groups in total. The van der Waals surface area contributed by atoms with Gasteiger partial charge in [-0.05, 0) is 79.4 Å². The Morgan fingerprint density at radius 1 is 0.850 bits per heavy atom. The van der Waals surface area contributed by atoms with Crippen molar-refractivity contribution in [3.8, 4) is 23.0 Å². The molecule has 4 aromatic rings. The van der Waals surface area contributed by atoms with Crippen LogP contribution >= 0.6 is 0 Å². The van der Waals surface area contributed by atoms with Gasteiger partial charge in [-0.2, -0.15) is 0 Å². The van der Waals surface area contributed by atoms with Crippen LogP contribution in [0.3, 0.4) is 0 Å². The van der Waals surface area contributed by atoms with Gasteiger partial charge in [0.15, 0.2) is 23.0 Å². The van der Waals surface area contributed by atoms with Crippen molar-refractivity contribution in [2.24, 2.45) is 0 Å². The summed E-state index contributed by atoms with van der Waals surface area (Å²) in [6.07, 6.45) is 4.34. The van der Waals surface area contributed by atoms with Crippen molar-refractivity contribution in [2.75, 3.05) is 59.5 Å². The van der Waals surface area contributed by atoms with E-state index in [1.807, 2.05) is 41.3 Å². The third kappa shape index (κ3) is 5.70. The molecule has 2 heterocycles. The molecule has 0 spiro atoms. The SMILES string of the molecule is COc1ccc(N(CCCN2CCc3cc(OC)c(OC)cc3CC2)C(=O)c2ccc3nc[nH]c3c2)cc1OC. The third-order valence-electron chi connectivity index (χ3n) is 7.55. The predicted molar refractivity (Wildman–Crippen MR) is 155 cm³/mol. The Balaban J connectivity index is 1.32. The van der Waals surface area contributed by atoms with Gasteiger partial charge in [0.1, 0.15) is 0 Å². The van der Waals surface area contributed by atoms with Gasteiger partial charge in [0.2, 0.25) is 0 Å². The lowest BCUT2D eigenvalue weighted by Gasteiger charge is -2.26. The largest absolute Gasteiger partial charge is 0.493 e. The van der Waals surface area contributed by atoms with Gasteiger partial charge in [-0.25, -0.2) is 4.98 Å². The maximum Gasteiger partial charge on any atom is 0.258 e. The van der Waals surface area contributed by atoms with E-state index in [9.17, 15) is 4.79 Å². The first-order valence-corrected chi connectivity index (χ1v) is 13.5. The number of nitrogens with zero attached hydrogens (tertiary/aromatic N) is 3. The Kier molecular flexibility index (Phi) is 8.40. The molecule has 1 amide bonds. The summed E-state index contributed by atoms with van der Waals surface area (Å²) in [6.45, 7) is 3.33. The van der Waals surface area contributed by atoms with Crippen molar-refractivity contribution in [3.05, 3.63) is 71.5 Å². The molecule has 0 atom stereocenters. The molecule has 210 valence electrons. The molecule has 5 rings (SSSR count). The van der Waals surface area contributed by atoms with Gasteiger partial charge in [0.05, 0.1) is 45.8 Å². The highest BCUT2D eigenvalue weighted by Crippen LogP contribution is 2.34. The number of imidazole rings is 1. The standard InChI is InChI=1S/C31H36N4O5/c1-37-27-9-7-24(19-30(27)40-4)35(31(36)23-6-8-25-26(16-23)33-20-32-25)13-5-12-34-14-10-21-17-28(38-2)29(39-3)18-22(21)11-15-34/h6-9,16-20H,5,10-15H2,1-4H3,(H,32,33). The second-order valence-corrected chi connectivity index (χ2v) is 9.80. The summed E-state index contributed by atoms with van der Waals surface area (Å²) in [4.78, 5) is 25.5. The van der Waals surface area contributed by atoms with Crippen molar-refractivity contribution < 1.29 is 23.7 Å². The lowest BCUT2D eigenvalue weighted by atomic mass is 10.0. The van der Waals surface area contributed by atoms with Crippen LogP contribution in [0.2, 0.25) is 0 Å². The van der Waals surface area contributed by atoms with E-state index < -0.39 is 0 Å². The molecule has 0 saturated carbocycles. The molecule has 1 aromatic heterocycles. The van der Waals surface area contributed by atoms with E-state index in [1.165, 1.54) is 11.1 Å². The van der Waals surface area contributed by atoms with Crippen LogP contribution in [0, 0.1) is 0 Å². The first-order chi connectivity index (χ1) is 19.5. The van der Waals surface area contributed by atoms with Gasteiger partial charge in [-0.3, -0.25) is 4.79 Å². The second-order valence-electron chi connectivity index (χ2n) is 9.80. The number of carbonyl (C=O) groups is 1. The van der Waals surface area contributed by atoms with Crippen LogP contribution in [-0.2, 0) is 12.8 Å². The molecule has 0 bridgehead atoms. The molecule has 0 unspecified atom stereocenters. The Labute approximate surface area is 234 Å². The fraction of sp³-hybridized carbons (Fsp3) is 0.355. The first-order valence-electron chi connectivity index (χ1n) is 13.5. The van der Waals surface area contributed by atoms with Crippen LogP contribution in [0.15, 0.2) is 54.9 Å². The Hall–Kier alpha value is -4.24. The van der Waals surface area contributed by atoms with Crippen LogP contribution in [0.4, 0.5) is 5.69 Å². The molecule has 9 heteroatoms. The average Bonchev–Trinajstić information content (AvgIpc) is 3.38. The minimum Gasteiger partial charge on any atom is -0.493 e. The highest BCUT2D eigenvalue weighted by molar-refractivity contribution is 6.07. The maximum atomic E-state index is 13.9. The monoisotopic (exact) mass is 544 g/mol. The van der Waals surface area contributed by atoms with E-state index >= 15 is 0 Å². The molecule has 9 nitrogen and oxygen atoms in total. The van der Waals surface area contributed by atoms with Crippen molar-refractivity contribution in [1.82, 2.24) is 14.9 Å². The lowest BCUT2D eigenvalue weighted by Crippen LogP contribution is -2.35. The molecule has 1 aliphatic rings. The average molecular weight is 545 g/mol. The zero-order valence-electron chi connectivity index (χ0n) is 23.5. The van der Waals surface area contributed by atoms with Crippen LogP contribution in [0.5, 0.6) is 23.0 Å².